The zero-order valence-corrected chi connectivity index (χ0v) is 9.87. The van der Waals surface area contributed by atoms with Gasteiger partial charge in [-0.2, -0.15) is 0 Å². The standard InChI is InChI=1S/C9H22N4/c1-9(2,3)12(7)13(8-10-4)11(5)6/h8H,1-7H3. The molecule has 0 radical (unpaired) electrons. The molecule has 0 saturated heterocycles. The summed E-state index contributed by atoms with van der Waals surface area (Å²) in [4.78, 5) is 4.01. The van der Waals surface area contributed by atoms with Crippen molar-refractivity contribution in [3.8, 4) is 0 Å². The van der Waals surface area contributed by atoms with Crippen LogP contribution in [0.15, 0.2) is 4.99 Å². The fraction of sp³-hybridized carbons (Fsp3) is 0.889. The number of nitrogens with zero attached hydrogens (tertiary/aromatic N) is 4. The van der Waals surface area contributed by atoms with Gasteiger partial charge in [-0.25, -0.2) is 15.1 Å². The van der Waals surface area contributed by atoms with Crippen LogP contribution in [0.2, 0.25) is 0 Å². The Balaban J connectivity index is 4.56. The third-order valence-electron chi connectivity index (χ3n) is 1.91. The first-order valence-electron chi connectivity index (χ1n) is 4.43. The fourth-order valence-corrected chi connectivity index (χ4v) is 0.860. The molecule has 4 heteroatoms. The second kappa shape index (κ2) is 4.58. The summed E-state index contributed by atoms with van der Waals surface area (Å²) in [7, 11) is 7.79. The van der Waals surface area contributed by atoms with Gasteiger partial charge < -0.3 is 0 Å². The van der Waals surface area contributed by atoms with Gasteiger partial charge in [0.05, 0.1) is 0 Å². The van der Waals surface area contributed by atoms with E-state index in [9.17, 15) is 0 Å². The average molecular weight is 186 g/mol. The highest BCUT2D eigenvalue weighted by atomic mass is 15.9. The van der Waals surface area contributed by atoms with E-state index in [1.807, 2.05) is 31.3 Å². The van der Waals surface area contributed by atoms with Gasteiger partial charge in [0.25, 0.3) is 0 Å². The fourth-order valence-electron chi connectivity index (χ4n) is 0.860. The number of hydrazine groups is 2. The molecule has 0 heterocycles. The van der Waals surface area contributed by atoms with Gasteiger partial charge >= 0.3 is 0 Å². The van der Waals surface area contributed by atoms with E-state index in [1.165, 1.54) is 0 Å². The Morgan fingerprint density at radius 2 is 1.54 bits per heavy atom. The van der Waals surface area contributed by atoms with Crippen molar-refractivity contribution < 1.29 is 0 Å². The Hall–Kier alpha value is -0.610. The van der Waals surface area contributed by atoms with Crippen molar-refractivity contribution in [2.24, 2.45) is 4.99 Å². The smallest absolute Gasteiger partial charge is 0.117 e. The second-order valence-corrected chi connectivity index (χ2v) is 4.24. The molecule has 0 amide bonds. The average Bonchev–Trinajstić information content (AvgIpc) is 1.96. The number of rotatable bonds is 3. The van der Waals surface area contributed by atoms with E-state index in [0.717, 1.165) is 0 Å². The summed E-state index contributed by atoms with van der Waals surface area (Å²) in [5.74, 6) is 0. The first-order valence-corrected chi connectivity index (χ1v) is 4.43. The van der Waals surface area contributed by atoms with E-state index in [1.54, 1.807) is 13.4 Å². The van der Waals surface area contributed by atoms with Crippen molar-refractivity contribution in [1.29, 1.82) is 0 Å². The minimum absolute atomic E-state index is 0.0888. The van der Waals surface area contributed by atoms with Crippen molar-refractivity contribution in [2.75, 3.05) is 28.2 Å². The van der Waals surface area contributed by atoms with Gasteiger partial charge in [0, 0.05) is 33.7 Å². The van der Waals surface area contributed by atoms with Gasteiger partial charge in [0.1, 0.15) is 6.34 Å². The third-order valence-corrected chi connectivity index (χ3v) is 1.91. The quantitative estimate of drug-likeness (QED) is 0.374. The lowest BCUT2D eigenvalue weighted by molar-refractivity contribution is -0.122. The van der Waals surface area contributed by atoms with E-state index < -0.39 is 0 Å². The monoisotopic (exact) mass is 186 g/mol. The van der Waals surface area contributed by atoms with E-state index >= 15 is 0 Å². The summed E-state index contributed by atoms with van der Waals surface area (Å²) in [6, 6.07) is 0. The van der Waals surface area contributed by atoms with Crippen LogP contribution >= 0.6 is 0 Å². The van der Waals surface area contributed by atoms with Crippen LogP contribution in [-0.2, 0) is 0 Å². The normalized spacial score (nSPS) is 13.3. The highest BCUT2D eigenvalue weighted by Gasteiger charge is 2.22. The molecule has 0 spiro atoms. The molecule has 0 aromatic carbocycles. The molecule has 0 rings (SSSR count). The molecule has 0 aromatic heterocycles. The molecule has 0 fully saturated rings. The number of hydrogen-bond acceptors (Lipinski definition) is 3. The highest BCUT2D eigenvalue weighted by molar-refractivity contribution is 5.53. The molecule has 0 aromatic rings. The summed E-state index contributed by atoms with van der Waals surface area (Å²) in [5, 5.41) is 6.08. The van der Waals surface area contributed by atoms with Crippen LogP contribution in [0.5, 0.6) is 0 Å². The van der Waals surface area contributed by atoms with Crippen LogP contribution in [0.3, 0.4) is 0 Å². The van der Waals surface area contributed by atoms with Crippen molar-refractivity contribution in [2.45, 2.75) is 26.3 Å². The van der Waals surface area contributed by atoms with Gasteiger partial charge in [-0.3, -0.25) is 4.99 Å². The molecule has 0 N–H and O–H groups in total. The van der Waals surface area contributed by atoms with E-state index in [0.29, 0.717) is 0 Å². The Morgan fingerprint density at radius 3 is 1.77 bits per heavy atom. The zero-order valence-electron chi connectivity index (χ0n) is 9.87. The maximum absolute atomic E-state index is 4.01. The second-order valence-electron chi connectivity index (χ2n) is 4.24. The Labute approximate surface area is 81.8 Å². The summed E-state index contributed by atoms with van der Waals surface area (Å²) >= 11 is 0. The Morgan fingerprint density at radius 1 is 1.08 bits per heavy atom. The summed E-state index contributed by atoms with van der Waals surface area (Å²) < 4.78 is 0. The topological polar surface area (TPSA) is 22.1 Å². The molecular formula is C9H22N4. The van der Waals surface area contributed by atoms with Crippen molar-refractivity contribution in [3.63, 3.8) is 0 Å². The van der Waals surface area contributed by atoms with Gasteiger partial charge in [-0.1, -0.05) is 0 Å². The minimum Gasteiger partial charge on any atom is -0.276 e. The van der Waals surface area contributed by atoms with Crippen LogP contribution in [0.1, 0.15) is 20.8 Å². The molecule has 0 aliphatic heterocycles. The van der Waals surface area contributed by atoms with Crippen LogP contribution < -0.4 is 0 Å². The van der Waals surface area contributed by atoms with Crippen LogP contribution in [0.25, 0.3) is 0 Å². The third kappa shape index (κ3) is 3.74. The first-order chi connectivity index (χ1) is 5.80. The summed E-state index contributed by atoms with van der Waals surface area (Å²) in [6.07, 6.45) is 1.80. The predicted octanol–water partition coefficient (Wildman–Crippen LogP) is 1.07. The Bertz CT molecular complexity index is 169. The molecule has 0 aliphatic carbocycles. The highest BCUT2D eigenvalue weighted by Crippen LogP contribution is 2.12. The van der Waals surface area contributed by atoms with Gasteiger partial charge in [-0.05, 0) is 20.8 Å². The molecule has 0 aliphatic rings. The Kier molecular flexibility index (Phi) is 4.36. The number of aliphatic imine (C=N–C) groups is 1. The van der Waals surface area contributed by atoms with Crippen LogP contribution in [0, 0.1) is 0 Å². The van der Waals surface area contributed by atoms with E-state index in [4.69, 9.17) is 0 Å². The molecular weight excluding hydrogens is 164 g/mol. The predicted molar refractivity (Wildman–Crippen MR) is 57.5 cm³/mol. The van der Waals surface area contributed by atoms with Gasteiger partial charge in [-0.15, -0.1) is 0 Å². The minimum atomic E-state index is 0.0888. The van der Waals surface area contributed by atoms with E-state index in [2.05, 4.69) is 30.8 Å². The largest absolute Gasteiger partial charge is 0.276 e. The number of hydrogen-bond donors (Lipinski definition) is 0. The van der Waals surface area contributed by atoms with Gasteiger partial charge in [0.2, 0.25) is 0 Å². The molecule has 0 bridgehead atoms. The lowest BCUT2D eigenvalue weighted by Gasteiger charge is -2.42. The zero-order chi connectivity index (χ0) is 10.6. The molecule has 13 heavy (non-hydrogen) atoms. The summed E-state index contributed by atoms with van der Waals surface area (Å²) in [6.45, 7) is 6.48. The molecule has 0 unspecified atom stereocenters. The van der Waals surface area contributed by atoms with Crippen molar-refractivity contribution >= 4 is 6.34 Å². The van der Waals surface area contributed by atoms with E-state index in [-0.39, 0.29) is 5.54 Å². The van der Waals surface area contributed by atoms with Crippen molar-refractivity contribution in [3.05, 3.63) is 0 Å². The lowest BCUT2D eigenvalue weighted by Crippen LogP contribution is -2.55. The van der Waals surface area contributed by atoms with Gasteiger partial charge in [0.15, 0.2) is 0 Å². The molecule has 0 saturated carbocycles. The van der Waals surface area contributed by atoms with Crippen molar-refractivity contribution in [1.82, 2.24) is 15.1 Å². The van der Waals surface area contributed by atoms with Crippen LogP contribution in [-0.4, -0.2) is 55.2 Å². The molecule has 78 valence electrons. The molecule has 4 nitrogen and oxygen atoms in total. The molecule has 0 atom stereocenters. The SMILES string of the molecule is CN=CN(N(C)C)N(C)C(C)(C)C. The van der Waals surface area contributed by atoms with Crippen LogP contribution in [0.4, 0.5) is 0 Å². The maximum Gasteiger partial charge on any atom is 0.117 e. The maximum atomic E-state index is 4.01. The lowest BCUT2D eigenvalue weighted by atomic mass is 10.1. The summed E-state index contributed by atoms with van der Waals surface area (Å²) in [5.41, 5.74) is 0.0888. The first kappa shape index (κ1) is 12.4.